The first kappa shape index (κ1) is 25.7. The molecule has 0 radical (unpaired) electrons. The molecule has 2 aliphatic heterocycles. The predicted molar refractivity (Wildman–Crippen MR) is 149 cm³/mol. The van der Waals surface area contributed by atoms with Crippen LogP contribution in [0.15, 0.2) is 29.1 Å². The van der Waals surface area contributed by atoms with E-state index >= 15 is 0 Å². The number of nitrogens with zero attached hydrogens (tertiary/aromatic N) is 3. The van der Waals surface area contributed by atoms with Crippen LogP contribution in [0.25, 0.3) is 11.0 Å². The predicted octanol–water partition coefficient (Wildman–Crippen LogP) is 5.63. The van der Waals surface area contributed by atoms with Crippen LogP contribution in [0.1, 0.15) is 102 Å². The number of rotatable bonds is 7. The number of carbonyl (C=O) groups excluding carboxylic acids is 1. The molecular weight excluding hydrogens is 476 g/mol. The molecule has 6 rings (SSSR count). The fourth-order valence-electron chi connectivity index (χ4n) is 8.39. The Bertz CT molecular complexity index is 1230. The first-order valence-corrected chi connectivity index (χ1v) is 15.0. The highest BCUT2D eigenvalue weighted by Crippen LogP contribution is 2.47. The van der Waals surface area contributed by atoms with Gasteiger partial charge < -0.3 is 14.7 Å². The third-order valence-electron chi connectivity index (χ3n) is 9.87. The van der Waals surface area contributed by atoms with Crippen LogP contribution in [-0.2, 0) is 9.53 Å². The van der Waals surface area contributed by atoms with Gasteiger partial charge in [0.25, 0.3) is 5.56 Å². The van der Waals surface area contributed by atoms with Crippen molar-refractivity contribution in [2.24, 2.45) is 11.8 Å². The van der Waals surface area contributed by atoms with Gasteiger partial charge in [-0.05, 0) is 75.8 Å². The Labute approximate surface area is 225 Å². The van der Waals surface area contributed by atoms with Gasteiger partial charge in [0.1, 0.15) is 5.69 Å². The smallest absolute Gasteiger partial charge is 0.306 e. The molecule has 38 heavy (non-hydrogen) atoms. The average Bonchev–Trinajstić information content (AvgIpc) is 3.06. The van der Waals surface area contributed by atoms with Crippen molar-refractivity contribution in [1.29, 1.82) is 5.41 Å². The summed E-state index contributed by atoms with van der Waals surface area (Å²) in [5.74, 6) is 1.48. The standard InChI is InChI=1S/C31H42N4O3/c1-2-38-29(36)14-13-26(32)30-31(37)35(28-10-6-5-9-27(28)33-30)25-18-22-11-12-23(19-25)34(22)24-16-20-7-3-4-8-21(15-20)17-24/h5-6,9-10,20-25,32H,2-4,7-8,11-19H2,1H3/t20?,21?,22-,23+,24?,25?. The Morgan fingerprint density at radius 3 is 2.29 bits per heavy atom. The lowest BCUT2D eigenvalue weighted by molar-refractivity contribution is -0.142. The van der Waals surface area contributed by atoms with Gasteiger partial charge in [-0.25, -0.2) is 4.98 Å². The highest BCUT2D eigenvalue weighted by atomic mass is 16.5. The molecule has 1 N–H and O–H groups in total. The molecule has 4 aliphatic rings. The quantitative estimate of drug-likeness (QED) is 0.379. The summed E-state index contributed by atoms with van der Waals surface area (Å²) in [6.45, 7) is 2.09. The molecule has 3 heterocycles. The van der Waals surface area contributed by atoms with E-state index in [1.54, 1.807) is 6.92 Å². The first-order chi connectivity index (χ1) is 18.5. The summed E-state index contributed by atoms with van der Waals surface area (Å²) in [5, 5.41) is 8.63. The Kier molecular flexibility index (Phi) is 7.39. The molecular formula is C31H42N4O3. The maximum absolute atomic E-state index is 13.9. The molecule has 0 spiro atoms. The van der Waals surface area contributed by atoms with E-state index in [4.69, 9.17) is 10.1 Å². The summed E-state index contributed by atoms with van der Waals surface area (Å²) in [7, 11) is 0. The van der Waals surface area contributed by atoms with Crippen LogP contribution in [0.5, 0.6) is 0 Å². The summed E-state index contributed by atoms with van der Waals surface area (Å²) < 4.78 is 6.98. The van der Waals surface area contributed by atoms with Gasteiger partial charge in [-0.15, -0.1) is 0 Å². The summed E-state index contributed by atoms with van der Waals surface area (Å²) in [6, 6.07) is 9.74. The number of para-hydroxylation sites is 2. The van der Waals surface area contributed by atoms with Crippen LogP contribution in [0.2, 0.25) is 0 Å². The number of piperidine rings is 1. The maximum atomic E-state index is 13.9. The highest BCUT2D eigenvalue weighted by molar-refractivity contribution is 5.98. The van der Waals surface area contributed by atoms with E-state index in [2.05, 4.69) is 9.88 Å². The van der Waals surface area contributed by atoms with E-state index in [9.17, 15) is 9.59 Å². The van der Waals surface area contributed by atoms with Crippen molar-refractivity contribution in [3.8, 4) is 0 Å². The molecule has 7 nitrogen and oxygen atoms in total. The van der Waals surface area contributed by atoms with Gasteiger partial charge in [0.2, 0.25) is 0 Å². The fraction of sp³-hybridized carbons (Fsp3) is 0.677. The zero-order valence-corrected chi connectivity index (χ0v) is 22.7. The largest absolute Gasteiger partial charge is 0.466 e. The van der Waals surface area contributed by atoms with Gasteiger partial charge in [0.05, 0.1) is 29.8 Å². The second-order valence-electron chi connectivity index (χ2n) is 12.2. The number of ether oxygens (including phenoxy) is 1. The molecule has 5 atom stereocenters. The molecule has 2 aromatic rings. The first-order valence-electron chi connectivity index (χ1n) is 15.0. The van der Waals surface area contributed by atoms with Gasteiger partial charge in [-0.1, -0.05) is 37.8 Å². The molecule has 1 aromatic carbocycles. The van der Waals surface area contributed by atoms with E-state index in [-0.39, 0.29) is 41.8 Å². The zero-order valence-electron chi connectivity index (χ0n) is 22.7. The fourth-order valence-corrected chi connectivity index (χ4v) is 8.39. The maximum Gasteiger partial charge on any atom is 0.306 e. The highest BCUT2D eigenvalue weighted by Gasteiger charge is 2.47. The van der Waals surface area contributed by atoms with Gasteiger partial charge in [0.15, 0.2) is 0 Å². The van der Waals surface area contributed by atoms with Crippen LogP contribution in [0, 0.1) is 17.2 Å². The Balaban J connectivity index is 1.26. The number of carbonyl (C=O) groups is 1. The second kappa shape index (κ2) is 10.9. The minimum atomic E-state index is -0.343. The number of nitrogens with one attached hydrogen (secondary N) is 1. The molecule has 4 fully saturated rings. The van der Waals surface area contributed by atoms with Gasteiger partial charge in [0, 0.05) is 30.6 Å². The lowest BCUT2D eigenvalue weighted by Crippen LogP contribution is -2.52. The van der Waals surface area contributed by atoms with E-state index in [1.165, 1.54) is 57.8 Å². The van der Waals surface area contributed by atoms with Crippen LogP contribution >= 0.6 is 0 Å². The number of hydrogen-bond acceptors (Lipinski definition) is 6. The van der Waals surface area contributed by atoms with Gasteiger partial charge >= 0.3 is 5.97 Å². The van der Waals surface area contributed by atoms with Crippen molar-refractivity contribution in [2.45, 2.75) is 115 Å². The zero-order chi connectivity index (χ0) is 26.2. The topological polar surface area (TPSA) is 88.3 Å². The molecule has 2 saturated heterocycles. The van der Waals surface area contributed by atoms with E-state index in [1.807, 2.05) is 28.8 Å². The Morgan fingerprint density at radius 1 is 0.921 bits per heavy atom. The monoisotopic (exact) mass is 518 g/mol. The number of hydrogen-bond donors (Lipinski definition) is 1. The molecule has 2 saturated carbocycles. The lowest BCUT2D eigenvalue weighted by atomic mass is 9.76. The van der Waals surface area contributed by atoms with Crippen molar-refractivity contribution in [3.63, 3.8) is 0 Å². The van der Waals surface area contributed by atoms with Crippen LogP contribution in [0.3, 0.4) is 0 Å². The minimum absolute atomic E-state index is 0.0898. The van der Waals surface area contributed by atoms with Crippen LogP contribution in [-0.4, -0.2) is 50.9 Å². The average molecular weight is 519 g/mol. The van der Waals surface area contributed by atoms with Crippen molar-refractivity contribution >= 4 is 22.7 Å². The van der Waals surface area contributed by atoms with Crippen molar-refractivity contribution in [2.75, 3.05) is 6.61 Å². The van der Waals surface area contributed by atoms with E-state index in [0.717, 1.165) is 35.7 Å². The summed E-state index contributed by atoms with van der Waals surface area (Å²) in [6.07, 6.45) is 14.5. The number of fused-ring (bicyclic) bond motifs is 5. The molecule has 3 unspecified atom stereocenters. The second-order valence-corrected chi connectivity index (χ2v) is 12.2. The van der Waals surface area contributed by atoms with Crippen molar-refractivity contribution in [1.82, 2.24) is 14.5 Å². The summed E-state index contributed by atoms with van der Waals surface area (Å²) in [5.41, 5.74) is 1.72. The minimum Gasteiger partial charge on any atom is -0.466 e. The third kappa shape index (κ3) is 4.94. The molecule has 204 valence electrons. The van der Waals surface area contributed by atoms with E-state index < -0.39 is 0 Å². The molecule has 1 aromatic heterocycles. The summed E-state index contributed by atoms with van der Waals surface area (Å²) >= 11 is 0. The van der Waals surface area contributed by atoms with Crippen LogP contribution in [0.4, 0.5) is 0 Å². The van der Waals surface area contributed by atoms with Crippen molar-refractivity contribution in [3.05, 3.63) is 40.3 Å². The molecule has 0 amide bonds. The number of aromatic nitrogens is 2. The van der Waals surface area contributed by atoms with Gasteiger partial charge in [-0.3, -0.25) is 14.5 Å². The third-order valence-corrected chi connectivity index (χ3v) is 9.87. The van der Waals surface area contributed by atoms with Crippen molar-refractivity contribution < 1.29 is 9.53 Å². The lowest BCUT2D eigenvalue weighted by Gasteiger charge is -2.48. The van der Waals surface area contributed by atoms with Crippen LogP contribution < -0.4 is 5.56 Å². The number of benzene rings is 1. The molecule has 7 heteroatoms. The van der Waals surface area contributed by atoms with E-state index in [0.29, 0.717) is 24.7 Å². The Morgan fingerprint density at radius 2 is 1.61 bits per heavy atom. The SMILES string of the molecule is CCOC(=O)CCC(=N)c1nc2ccccc2n(C2C[C@H]3CC[C@@H](C2)N3C2CC3CCCCC(C3)C2)c1=O. The molecule has 4 bridgehead atoms. The van der Waals surface area contributed by atoms with Gasteiger partial charge in [-0.2, -0.15) is 0 Å². The normalized spacial score (nSPS) is 31.2. The Hall–Kier alpha value is -2.54. The summed E-state index contributed by atoms with van der Waals surface area (Å²) in [4.78, 5) is 33.3. The molecule has 2 aliphatic carbocycles. The number of esters is 1.